The summed E-state index contributed by atoms with van der Waals surface area (Å²) in [5, 5.41) is 17.1. The van der Waals surface area contributed by atoms with E-state index < -0.39 is 23.4 Å². The molecule has 1 atom stereocenters. The van der Waals surface area contributed by atoms with Crippen molar-refractivity contribution in [3.8, 4) is 17.2 Å². The Labute approximate surface area is 173 Å². The Balaban J connectivity index is 1.62. The van der Waals surface area contributed by atoms with Crippen molar-refractivity contribution in [2.24, 2.45) is 5.92 Å². The molecule has 1 aliphatic rings. The number of nitrogens with one attached hydrogen (secondary N) is 1. The van der Waals surface area contributed by atoms with Crippen LogP contribution in [0.1, 0.15) is 17.7 Å². The molecule has 3 aromatic rings. The predicted octanol–water partition coefficient (Wildman–Crippen LogP) is 4.01. The van der Waals surface area contributed by atoms with Gasteiger partial charge in [0, 0.05) is 23.6 Å². The summed E-state index contributed by atoms with van der Waals surface area (Å²) in [7, 11) is 0. The van der Waals surface area contributed by atoms with Gasteiger partial charge in [-0.15, -0.1) is 0 Å². The van der Waals surface area contributed by atoms with Crippen molar-refractivity contribution >= 4 is 23.3 Å². The summed E-state index contributed by atoms with van der Waals surface area (Å²) < 4.78 is 40.1. The van der Waals surface area contributed by atoms with E-state index >= 15 is 0 Å². The zero-order valence-corrected chi connectivity index (χ0v) is 16.1. The number of carbonyl (C=O) groups excluding carboxylic acids is 1. The molecule has 6 nitrogen and oxygen atoms in total. The van der Waals surface area contributed by atoms with E-state index in [9.17, 15) is 23.2 Å². The average molecular weight is 432 g/mol. The monoisotopic (exact) mass is 431 g/mol. The van der Waals surface area contributed by atoms with Crippen LogP contribution in [0.25, 0.3) is 11.1 Å². The van der Waals surface area contributed by atoms with Crippen molar-refractivity contribution in [3.05, 3.63) is 64.3 Å². The molecule has 3 heterocycles. The van der Waals surface area contributed by atoms with Crippen LogP contribution < -0.4 is 4.90 Å². The Bertz CT molecular complexity index is 1150. The fourth-order valence-corrected chi connectivity index (χ4v) is 3.96. The van der Waals surface area contributed by atoms with Crippen LogP contribution in [-0.2, 0) is 11.2 Å². The van der Waals surface area contributed by atoms with Gasteiger partial charge in [0.05, 0.1) is 17.4 Å². The first kappa shape index (κ1) is 19.9. The number of halogens is 4. The smallest absolute Gasteiger partial charge is 0.231 e. The van der Waals surface area contributed by atoms with Gasteiger partial charge in [-0.3, -0.25) is 9.69 Å². The summed E-state index contributed by atoms with van der Waals surface area (Å²) in [6.45, 7) is 0.300. The summed E-state index contributed by atoms with van der Waals surface area (Å²) in [5.74, 6) is -4.75. The van der Waals surface area contributed by atoms with Crippen LogP contribution in [0.4, 0.5) is 19.0 Å². The van der Waals surface area contributed by atoms with E-state index in [4.69, 9.17) is 11.6 Å². The molecule has 1 N–H and O–H groups in total. The average Bonchev–Trinajstić information content (AvgIpc) is 3.26. The SMILES string of the molecule is N#Cc1[nH]c(N2CCC(Cc3cc(F)c(F)c(F)c3)C2=O)c(Cl)c1-c1ccnnc1. The van der Waals surface area contributed by atoms with Gasteiger partial charge in [-0.2, -0.15) is 15.5 Å². The van der Waals surface area contributed by atoms with E-state index in [0.717, 1.165) is 12.1 Å². The molecule has 1 amide bonds. The fraction of sp³-hybridized carbons (Fsp3) is 0.200. The van der Waals surface area contributed by atoms with Crippen molar-refractivity contribution in [1.82, 2.24) is 15.2 Å². The topological polar surface area (TPSA) is 85.7 Å². The lowest BCUT2D eigenvalue weighted by molar-refractivity contribution is -0.120. The molecule has 1 unspecified atom stereocenters. The van der Waals surface area contributed by atoms with E-state index in [-0.39, 0.29) is 34.4 Å². The summed E-state index contributed by atoms with van der Waals surface area (Å²) in [6, 6.07) is 5.43. The fourth-order valence-electron chi connectivity index (χ4n) is 3.60. The lowest BCUT2D eigenvalue weighted by Gasteiger charge is -2.16. The molecule has 10 heteroatoms. The van der Waals surface area contributed by atoms with Gasteiger partial charge in [-0.1, -0.05) is 11.6 Å². The zero-order chi connectivity index (χ0) is 21.4. The normalized spacial score (nSPS) is 16.2. The maximum Gasteiger partial charge on any atom is 0.231 e. The molecule has 1 fully saturated rings. The van der Waals surface area contributed by atoms with Crippen LogP contribution in [0.5, 0.6) is 0 Å². The molecule has 1 aliphatic heterocycles. The molecule has 0 spiro atoms. The minimum absolute atomic E-state index is 0.0496. The third kappa shape index (κ3) is 3.39. The third-order valence-corrected chi connectivity index (χ3v) is 5.39. The number of hydrogen-bond acceptors (Lipinski definition) is 4. The molecule has 1 aromatic carbocycles. The minimum Gasteiger partial charge on any atom is -0.331 e. The van der Waals surface area contributed by atoms with Crippen molar-refractivity contribution in [2.75, 3.05) is 11.4 Å². The molecule has 152 valence electrons. The van der Waals surface area contributed by atoms with Gasteiger partial charge in [0.1, 0.15) is 17.6 Å². The second-order valence-electron chi connectivity index (χ2n) is 6.83. The minimum atomic E-state index is -1.54. The quantitative estimate of drug-likeness (QED) is 0.632. The number of nitrogens with zero attached hydrogens (tertiary/aromatic N) is 4. The Morgan fingerprint density at radius 3 is 2.63 bits per heavy atom. The van der Waals surface area contributed by atoms with E-state index in [1.54, 1.807) is 6.07 Å². The van der Waals surface area contributed by atoms with E-state index in [2.05, 4.69) is 15.2 Å². The highest BCUT2D eigenvalue weighted by Crippen LogP contribution is 2.40. The number of anilines is 1. The van der Waals surface area contributed by atoms with Gasteiger partial charge in [-0.05, 0) is 36.6 Å². The number of nitriles is 1. The van der Waals surface area contributed by atoms with Crippen LogP contribution in [0, 0.1) is 34.7 Å². The number of carbonyl (C=O) groups is 1. The lowest BCUT2D eigenvalue weighted by atomic mass is 9.98. The van der Waals surface area contributed by atoms with E-state index in [1.165, 1.54) is 17.3 Å². The molecule has 0 saturated carbocycles. The van der Waals surface area contributed by atoms with Gasteiger partial charge in [0.15, 0.2) is 17.5 Å². The molecular weight excluding hydrogens is 419 g/mol. The Morgan fingerprint density at radius 2 is 2.00 bits per heavy atom. The van der Waals surface area contributed by atoms with E-state index in [0.29, 0.717) is 24.1 Å². The molecule has 4 rings (SSSR count). The van der Waals surface area contributed by atoms with Crippen LogP contribution in [-0.4, -0.2) is 27.6 Å². The molecule has 30 heavy (non-hydrogen) atoms. The maximum absolute atomic E-state index is 13.5. The van der Waals surface area contributed by atoms with Gasteiger partial charge in [0.2, 0.25) is 5.91 Å². The van der Waals surface area contributed by atoms with Crippen LogP contribution in [0.2, 0.25) is 5.02 Å². The second-order valence-corrected chi connectivity index (χ2v) is 7.21. The summed E-state index contributed by atoms with van der Waals surface area (Å²) in [4.78, 5) is 17.2. The Kier molecular flexibility index (Phi) is 5.18. The molecule has 0 bridgehead atoms. The summed E-state index contributed by atoms with van der Waals surface area (Å²) in [6.07, 6.45) is 3.36. The van der Waals surface area contributed by atoms with Gasteiger partial charge < -0.3 is 4.98 Å². The highest BCUT2D eigenvalue weighted by Gasteiger charge is 2.36. The molecular formula is C20H13ClF3N5O. The number of amides is 1. The molecule has 2 aromatic heterocycles. The van der Waals surface area contributed by atoms with Gasteiger partial charge >= 0.3 is 0 Å². The lowest BCUT2D eigenvalue weighted by Crippen LogP contribution is -2.28. The van der Waals surface area contributed by atoms with Crippen molar-refractivity contribution in [1.29, 1.82) is 5.26 Å². The third-order valence-electron chi connectivity index (χ3n) is 5.02. The maximum atomic E-state index is 13.5. The standard InChI is InChI=1S/C20H13ClF3N5O/c21-17-16(12-1-3-26-27-9-12)15(8-25)28-19(17)29-4-2-11(20(29)30)5-10-6-13(22)18(24)14(23)7-10/h1,3,6-7,9,11,28H,2,4-5H2. The number of aromatic nitrogens is 3. The highest BCUT2D eigenvalue weighted by molar-refractivity contribution is 6.37. The van der Waals surface area contributed by atoms with Crippen molar-refractivity contribution in [3.63, 3.8) is 0 Å². The van der Waals surface area contributed by atoms with Gasteiger partial charge in [-0.25, -0.2) is 13.2 Å². The summed E-state index contributed by atoms with van der Waals surface area (Å²) >= 11 is 6.49. The second kappa shape index (κ2) is 7.80. The van der Waals surface area contributed by atoms with Crippen molar-refractivity contribution in [2.45, 2.75) is 12.8 Å². The van der Waals surface area contributed by atoms with Crippen LogP contribution in [0.15, 0.2) is 30.6 Å². The summed E-state index contributed by atoms with van der Waals surface area (Å²) in [5.41, 5.74) is 1.32. The van der Waals surface area contributed by atoms with E-state index in [1.807, 2.05) is 6.07 Å². The largest absolute Gasteiger partial charge is 0.331 e. The first-order valence-corrected chi connectivity index (χ1v) is 9.32. The van der Waals surface area contributed by atoms with Crippen molar-refractivity contribution < 1.29 is 18.0 Å². The first-order chi connectivity index (χ1) is 14.4. The van der Waals surface area contributed by atoms with Crippen LogP contribution in [0.3, 0.4) is 0 Å². The van der Waals surface area contributed by atoms with Crippen LogP contribution >= 0.6 is 11.6 Å². The molecule has 0 aliphatic carbocycles. The Hall–Kier alpha value is -3.38. The number of aromatic amines is 1. The highest BCUT2D eigenvalue weighted by atomic mass is 35.5. The Morgan fingerprint density at radius 1 is 1.27 bits per heavy atom. The first-order valence-electron chi connectivity index (χ1n) is 8.94. The number of H-pyrrole nitrogens is 1. The zero-order valence-electron chi connectivity index (χ0n) is 15.3. The number of rotatable bonds is 4. The van der Waals surface area contributed by atoms with Gasteiger partial charge in [0.25, 0.3) is 0 Å². The predicted molar refractivity (Wildman–Crippen MR) is 102 cm³/mol. The molecule has 1 saturated heterocycles. The number of hydrogen-bond donors (Lipinski definition) is 1. The molecule has 0 radical (unpaired) electrons. The number of benzene rings is 1.